The number of rotatable bonds is 6. The number of hydrogen-bond acceptors (Lipinski definition) is 3. The van der Waals surface area contributed by atoms with Crippen LogP contribution in [0.25, 0.3) is 5.69 Å². The van der Waals surface area contributed by atoms with Gasteiger partial charge in [-0.25, -0.2) is 4.68 Å². The van der Waals surface area contributed by atoms with Crippen molar-refractivity contribution in [1.29, 1.82) is 0 Å². The minimum Gasteiger partial charge on any atom is -0.354 e. The van der Waals surface area contributed by atoms with Gasteiger partial charge in [-0.2, -0.15) is 5.10 Å². The molecule has 1 aromatic carbocycles. The molecule has 2 amide bonds. The number of nitrogens with zero attached hydrogens (tertiary/aromatic N) is 2. The summed E-state index contributed by atoms with van der Waals surface area (Å²) in [7, 11) is 0. The molecule has 3 rings (SSSR count). The molecule has 30 heavy (non-hydrogen) atoms. The lowest BCUT2D eigenvalue weighted by atomic mass is 9.85. The van der Waals surface area contributed by atoms with Gasteiger partial charge in [-0.15, -0.1) is 0 Å². The third-order valence-corrected chi connectivity index (χ3v) is 5.70. The lowest BCUT2D eigenvalue weighted by Crippen LogP contribution is -2.43. The van der Waals surface area contributed by atoms with Gasteiger partial charge in [-0.3, -0.25) is 9.59 Å². The topological polar surface area (TPSA) is 76.0 Å². The van der Waals surface area contributed by atoms with E-state index < -0.39 is 0 Å². The first-order chi connectivity index (χ1) is 14.3. The van der Waals surface area contributed by atoms with E-state index in [1.54, 1.807) is 10.9 Å². The third kappa shape index (κ3) is 5.22. The van der Waals surface area contributed by atoms with Crippen molar-refractivity contribution in [3.8, 4) is 5.69 Å². The average Bonchev–Trinajstić information content (AvgIpc) is 3.13. The Labute approximate surface area is 183 Å². The summed E-state index contributed by atoms with van der Waals surface area (Å²) in [6.07, 6.45) is 4.98. The minimum absolute atomic E-state index is 0.0105. The number of carbonyl (C=O) groups excluding carboxylic acids is 2. The highest BCUT2D eigenvalue weighted by atomic mass is 35.5. The Morgan fingerprint density at radius 2 is 1.97 bits per heavy atom. The number of aromatic nitrogens is 2. The molecule has 2 unspecified atom stereocenters. The molecule has 0 aliphatic heterocycles. The fraction of sp³-hybridized carbons (Fsp3) is 0.522. The van der Waals surface area contributed by atoms with Gasteiger partial charge in [-0.1, -0.05) is 37.9 Å². The highest BCUT2D eigenvalue weighted by Gasteiger charge is 2.30. The summed E-state index contributed by atoms with van der Waals surface area (Å²) in [5.41, 5.74) is 2.24. The van der Waals surface area contributed by atoms with Crippen LogP contribution in [0.4, 0.5) is 0 Å². The van der Waals surface area contributed by atoms with Gasteiger partial charge in [0.25, 0.3) is 5.91 Å². The second-order valence-corrected chi connectivity index (χ2v) is 9.12. The maximum Gasteiger partial charge on any atom is 0.255 e. The minimum atomic E-state index is -0.137. The van der Waals surface area contributed by atoms with Gasteiger partial charge in [-0.05, 0) is 57.2 Å². The van der Waals surface area contributed by atoms with E-state index in [9.17, 15) is 9.59 Å². The fourth-order valence-electron chi connectivity index (χ4n) is 4.13. The molecule has 1 aliphatic carbocycles. The Morgan fingerprint density at radius 1 is 1.20 bits per heavy atom. The molecule has 162 valence electrons. The smallest absolute Gasteiger partial charge is 0.255 e. The zero-order chi connectivity index (χ0) is 21.8. The second-order valence-electron chi connectivity index (χ2n) is 8.69. The summed E-state index contributed by atoms with van der Waals surface area (Å²) >= 11 is 6.14. The van der Waals surface area contributed by atoms with E-state index in [-0.39, 0.29) is 35.7 Å². The van der Waals surface area contributed by atoms with Crippen molar-refractivity contribution in [2.24, 2.45) is 5.92 Å². The van der Waals surface area contributed by atoms with Crippen molar-refractivity contribution in [2.45, 2.75) is 71.4 Å². The standard InChI is InChI=1S/C23H31ClN4O2/c1-14(2)21-20(13-25-28(21)19-10-6-8-17(24)12-19)23(30)27-18-9-5-7-16(11-18)22(29)26-15(3)4/h6,8,10,12-16,18H,5,7,9,11H2,1-4H3,(H,26,29)(H,27,30). The zero-order valence-electron chi connectivity index (χ0n) is 18.1. The summed E-state index contributed by atoms with van der Waals surface area (Å²) in [5.74, 6) is -0.00384. The molecule has 1 fully saturated rings. The maximum atomic E-state index is 13.1. The number of halogens is 1. The summed E-state index contributed by atoms with van der Waals surface area (Å²) in [6.45, 7) is 8.01. The van der Waals surface area contributed by atoms with Gasteiger partial charge in [0.2, 0.25) is 5.91 Å². The summed E-state index contributed by atoms with van der Waals surface area (Å²) in [6, 6.07) is 7.55. The van der Waals surface area contributed by atoms with Gasteiger partial charge in [0.05, 0.1) is 23.1 Å². The van der Waals surface area contributed by atoms with Crippen molar-refractivity contribution in [3.63, 3.8) is 0 Å². The molecule has 0 spiro atoms. The van der Waals surface area contributed by atoms with E-state index in [1.165, 1.54) is 0 Å². The van der Waals surface area contributed by atoms with Gasteiger partial charge in [0, 0.05) is 23.0 Å². The Bertz CT molecular complexity index is 906. The Morgan fingerprint density at radius 3 is 2.63 bits per heavy atom. The number of carbonyl (C=O) groups is 2. The zero-order valence-corrected chi connectivity index (χ0v) is 18.9. The highest BCUT2D eigenvalue weighted by Crippen LogP contribution is 2.27. The first-order valence-corrected chi connectivity index (χ1v) is 11.1. The van der Waals surface area contributed by atoms with Crippen molar-refractivity contribution < 1.29 is 9.59 Å². The van der Waals surface area contributed by atoms with Crippen LogP contribution in [0.2, 0.25) is 5.02 Å². The molecule has 1 heterocycles. The number of benzene rings is 1. The van der Waals surface area contributed by atoms with Crippen LogP contribution in [0, 0.1) is 5.92 Å². The van der Waals surface area contributed by atoms with E-state index in [1.807, 2.05) is 52.0 Å². The van der Waals surface area contributed by atoms with E-state index in [2.05, 4.69) is 15.7 Å². The summed E-state index contributed by atoms with van der Waals surface area (Å²) in [4.78, 5) is 25.5. The van der Waals surface area contributed by atoms with Gasteiger partial charge < -0.3 is 10.6 Å². The molecular weight excluding hydrogens is 400 g/mol. The summed E-state index contributed by atoms with van der Waals surface area (Å²) in [5, 5.41) is 11.2. The predicted octanol–water partition coefficient (Wildman–Crippen LogP) is 4.46. The molecule has 2 N–H and O–H groups in total. The Kier molecular flexibility index (Phi) is 7.19. The first-order valence-electron chi connectivity index (χ1n) is 10.7. The van der Waals surface area contributed by atoms with Gasteiger partial charge >= 0.3 is 0 Å². The van der Waals surface area contributed by atoms with Crippen LogP contribution in [0.1, 0.15) is 75.3 Å². The fourth-order valence-corrected chi connectivity index (χ4v) is 4.31. The van der Waals surface area contributed by atoms with Gasteiger partial charge in [0.1, 0.15) is 0 Å². The molecular formula is C23H31ClN4O2. The van der Waals surface area contributed by atoms with Crippen molar-refractivity contribution in [3.05, 3.63) is 46.7 Å². The Hall–Kier alpha value is -2.34. The molecule has 6 nitrogen and oxygen atoms in total. The number of amides is 2. The van der Waals surface area contributed by atoms with Crippen LogP contribution >= 0.6 is 11.6 Å². The molecule has 2 atom stereocenters. The highest BCUT2D eigenvalue weighted by molar-refractivity contribution is 6.30. The molecule has 0 bridgehead atoms. The van der Waals surface area contributed by atoms with E-state index >= 15 is 0 Å². The van der Waals surface area contributed by atoms with E-state index in [4.69, 9.17) is 11.6 Å². The summed E-state index contributed by atoms with van der Waals surface area (Å²) < 4.78 is 1.78. The van der Waals surface area contributed by atoms with Crippen molar-refractivity contribution in [1.82, 2.24) is 20.4 Å². The lowest BCUT2D eigenvalue weighted by molar-refractivity contribution is -0.126. The van der Waals surface area contributed by atoms with Gasteiger partial charge in [0.15, 0.2) is 0 Å². The van der Waals surface area contributed by atoms with Crippen LogP contribution in [0.15, 0.2) is 30.5 Å². The van der Waals surface area contributed by atoms with Crippen LogP contribution < -0.4 is 10.6 Å². The van der Waals surface area contributed by atoms with Crippen molar-refractivity contribution in [2.75, 3.05) is 0 Å². The van der Waals surface area contributed by atoms with Crippen LogP contribution in [-0.4, -0.2) is 33.7 Å². The predicted molar refractivity (Wildman–Crippen MR) is 119 cm³/mol. The largest absolute Gasteiger partial charge is 0.354 e. The number of hydrogen-bond donors (Lipinski definition) is 2. The van der Waals surface area contributed by atoms with Crippen LogP contribution in [0.5, 0.6) is 0 Å². The lowest BCUT2D eigenvalue weighted by Gasteiger charge is -2.29. The van der Waals surface area contributed by atoms with E-state index in [0.29, 0.717) is 17.0 Å². The van der Waals surface area contributed by atoms with Crippen LogP contribution in [0.3, 0.4) is 0 Å². The SMILES string of the molecule is CC(C)NC(=O)C1CCCC(NC(=O)c2cnn(-c3cccc(Cl)c3)c2C(C)C)C1. The molecule has 1 saturated carbocycles. The van der Waals surface area contributed by atoms with E-state index in [0.717, 1.165) is 30.6 Å². The third-order valence-electron chi connectivity index (χ3n) is 5.46. The first kappa shape index (κ1) is 22.3. The molecule has 1 aromatic heterocycles. The normalized spacial score (nSPS) is 19.2. The molecule has 0 radical (unpaired) electrons. The molecule has 7 heteroatoms. The molecule has 2 aromatic rings. The maximum absolute atomic E-state index is 13.1. The Balaban J connectivity index is 1.76. The second kappa shape index (κ2) is 9.65. The van der Waals surface area contributed by atoms with Crippen molar-refractivity contribution >= 4 is 23.4 Å². The van der Waals surface area contributed by atoms with Crippen LogP contribution in [-0.2, 0) is 4.79 Å². The average molecular weight is 431 g/mol. The quantitative estimate of drug-likeness (QED) is 0.710. The number of nitrogens with one attached hydrogen (secondary N) is 2. The molecule has 1 aliphatic rings. The monoisotopic (exact) mass is 430 g/mol. The molecule has 0 saturated heterocycles.